The van der Waals surface area contributed by atoms with E-state index in [1.165, 1.54) is 26.2 Å². The molecular formula is C31H36FN7O4. The summed E-state index contributed by atoms with van der Waals surface area (Å²) in [5.74, 6) is -0.444. The summed E-state index contributed by atoms with van der Waals surface area (Å²) in [4.78, 5) is 32.7. The molecule has 4 heterocycles. The average Bonchev–Trinajstić information content (AvgIpc) is 3.43. The molecule has 12 heteroatoms. The number of halogens is 1. The largest absolute Gasteiger partial charge is 0.387 e. The lowest BCUT2D eigenvalue weighted by atomic mass is 9.60. The first kappa shape index (κ1) is 29.0. The third kappa shape index (κ3) is 5.43. The fraction of sp³-hybridized carbons (Fsp3) is 0.516. The van der Waals surface area contributed by atoms with E-state index in [2.05, 4.69) is 26.8 Å². The average molecular weight is 590 g/mol. The number of aliphatic hydroxyl groups is 1. The van der Waals surface area contributed by atoms with Gasteiger partial charge in [0.15, 0.2) is 0 Å². The van der Waals surface area contributed by atoms with Crippen molar-refractivity contribution in [3.63, 3.8) is 0 Å². The number of nitriles is 1. The molecule has 4 fully saturated rings. The van der Waals surface area contributed by atoms with Gasteiger partial charge in [0, 0.05) is 23.8 Å². The number of aromatic nitrogens is 3. The van der Waals surface area contributed by atoms with E-state index in [0.29, 0.717) is 35.8 Å². The zero-order chi connectivity index (χ0) is 30.4. The van der Waals surface area contributed by atoms with Crippen LogP contribution in [0.3, 0.4) is 0 Å². The summed E-state index contributed by atoms with van der Waals surface area (Å²) in [5.41, 5.74) is 1.26. The van der Waals surface area contributed by atoms with E-state index in [1.807, 2.05) is 23.1 Å². The number of alkyl halides is 1. The monoisotopic (exact) mass is 589 g/mol. The maximum absolute atomic E-state index is 14.5. The number of nitrogens with one attached hydrogen (secondary N) is 2. The molecule has 1 aliphatic heterocycles. The van der Waals surface area contributed by atoms with Gasteiger partial charge in [-0.2, -0.15) is 10.4 Å². The quantitative estimate of drug-likeness (QED) is 0.363. The number of hydrogen-bond donors (Lipinski definition) is 3. The Morgan fingerprint density at radius 1 is 1.21 bits per heavy atom. The van der Waals surface area contributed by atoms with E-state index < -0.39 is 17.7 Å². The number of hydrogen-bond acceptors (Lipinski definition) is 8. The molecule has 2 amide bonds. The minimum absolute atomic E-state index is 0.0542. The van der Waals surface area contributed by atoms with Crippen molar-refractivity contribution in [2.24, 2.45) is 0 Å². The fourth-order valence-corrected chi connectivity index (χ4v) is 6.72. The van der Waals surface area contributed by atoms with Gasteiger partial charge in [0.05, 0.1) is 58.7 Å². The highest BCUT2D eigenvalue weighted by Gasteiger charge is 2.53. The highest BCUT2D eigenvalue weighted by Crippen LogP contribution is 2.51. The minimum atomic E-state index is -1.65. The van der Waals surface area contributed by atoms with Crippen molar-refractivity contribution in [2.45, 2.75) is 75.2 Å². The van der Waals surface area contributed by atoms with Gasteiger partial charge in [-0.15, -0.1) is 0 Å². The molecule has 2 bridgehead atoms. The Kier molecular flexibility index (Phi) is 7.34. The van der Waals surface area contributed by atoms with Gasteiger partial charge in [-0.3, -0.25) is 14.6 Å². The van der Waals surface area contributed by atoms with Gasteiger partial charge in [0.25, 0.3) is 5.91 Å². The number of ether oxygens (including phenoxy) is 1. The smallest absolute Gasteiger partial charge is 0.255 e. The molecule has 1 atom stereocenters. The van der Waals surface area contributed by atoms with E-state index >= 15 is 0 Å². The molecule has 3 saturated carbocycles. The second-order valence-electron chi connectivity index (χ2n) is 12.6. The van der Waals surface area contributed by atoms with Crippen LogP contribution in [-0.4, -0.2) is 85.6 Å². The first-order valence-electron chi connectivity index (χ1n) is 14.7. The first-order valence-corrected chi connectivity index (χ1v) is 14.7. The van der Waals surface area contributed by atoms with E-state index in [-0.39, 0.29) is 35.7 Å². The van der Waals surface area contributed by atoms with Crippen LogP contribution in [0.25, 0.3) is 16.9 Å². The molecule has 7 rings (SSSR count). The Bertz CT molecular complexity index is 1580. The Hall–Kier alpha value is -4.08. The Balaban J connectivity index is 1.30. The van der Waals surface area contributed by atoms with E-state index in [0.717, 1.165) is 44.0 Å². The molecule has 3 aliphatic carbocycles. The summed E-state index contributed by atoms with van der Waals surface area (Å²) in [5, 5.41) is 30.0. The lowest BCUT2D eigenvalue weighted by molar-refractivity contribution is -0.157. The molecule has 1 saturated heterocycles. The predicted octanol–water partition coefficient (Wildman–Crippen LogP) is 3.22. The lowest BCUT2D eigenvalue weighted by Gasteiger charge is -2.58. The summed E-state index contributed by atoms with van der Waals surface area (Å²) < 4.78 is 21.5. The molecule has 3 aromatic heterocycles. The van der Waals surface area contributed by atoms with Crippen molar-refractivity contribution < 1.29 is 23.8 Å². The molecule has 0 unspecified atom stereocenters. The van der Waals surface area contributed by atoms with Crippen LogP contribution in [-0.2, 0) is 9.53 Å². The third-order valence-electron chi connectivity index (χ3n) is 9.41. The highest BCUT2D eigenvalue weighted by molar-refractivity contribution is 6.00. The van der Waals surface area contributed by atoms with Gasteiger partial charge in [-0.05, 0) is 76.6 Å². The Labute approximate surface area is 249 Å². The van der Waals surface area contributed by atoms with Crippen LogP contribution in [0.4, 0.5) is 10.1 Å². The van der Waals surface area contributed by atoms with Crippen molar-refractivity contribution in [2.75, 3.05) is 31.6 Å². The lowest BCUT2D eigenvalue weighted by Crippen LogP contribution is -2.64. The van der Waals surface area contributed by atoms with Gasteiger partial charge >= 0.3 is 0 Å². The molecule has 4 aliphatic rings. The number of carbonyl (C=O) groups excluding carboxylic acids is 2. The summed E-state index contributed by atoms with van der Waals surface area (Å²) in [6.07, 6.45) is 6.37. The van der Waals surface area contributed by atoms with E-state index in [1.54, 1.807) is 10.6 Å². The molecular weight excluding hydrogens is 553 g/mol. The summed E-state index contributed by atoms with van der Waals surface area (Å²) in [7, 11) is 0. The first-order chi connectivity index (χ1) is 20.5. The third-order valence-corrected chi connectivity index (χ3v) is 9.41. The van der Waals surface area contributed by atoms with Crippen LogP contribution in [0.2, 0.25) is 0 Å². The fourth-order valence-electron chi connectivity index (χ4n) is 6.72. The van der Waals surface area contributed by atoms with Crippen LogP contribution >= 0.6 is 0 Å². The predicted molar refractivity (Wildman–Crippen MR) is 156 cm³/mol. The topological polar surface area (TPSA) is 145 Å². The van der Waals surface area contributed by atoms with Crippen molar-refractivity contribution >= 4 is 23.0 Å². The number of fused-ring (bicyclic) bond motifs is 4. The Morgan fingerprint density at radius 3 is 2.63 bits per heavy atom. The molecule has 11 nitrogen and oxygen atoms in total. The van der Waals surface area contributed by atoms with Gasteiger partial charge in [-0.1, -0.05) is 0 Å². The SMILES string of the molecule is CC(C)(O)[C@H](F)CNC(=O)c1cnc(-c2ccc3cc(C#N)cnn23)cc1NC12CCC(N3CCOCC3=O)(CC1)CC2. The van der Waals surface area contributed by atoms with Crippen molar-refractivity contribution in [3.05, 3.63) is 47.8 Å². The normalized spacial score (nSPS) is 24.5. The second kappa shape index (κ2) is 10.9. The molecule has 0 aromatic carbocycles. The summed E-state index contributed by atoms with van der Waals surface area (Å²) >= 11 is 0. The second-order valence-corrected chi connectivity index (χ2v) is 12.6. The highest BCUT2D eigenvalue weighted by atomic mass is 19.1. The number of carbonyl (C=O) groups is 2. The maximum atomic E-state index is 14.5. The van der Waals surface area contributed by atoms with Crippen molar-refractivity contribution in [3.8, 4) is 17.5 Å². The minimum Gasteiger partial charge on any atom is -0.387 e. The van der Waals surface area contributed by atoms with Gasteiger partial charge in [0.1, 0.15) is 18.8 Å². The molecule has 0 spiro atoms. The summed E-state index contributed by atoms with van der Waals surface area (Å²) in [6.45, 7) is 3.68. The van der Waals surface area contributed by atoms with Crippen LogP contribution in [0.15, 0.2) is 36.7 Å². The van der Waals surface area contributed by atoms with Crippen LogP contribution < -0.4 is 10.6 Å². The molecule has 226 valence electrons. The molecule has 43 heavy (non-hydrogen) atoms. The van der Waals surface area contributed by atoms with Gasteiger partial charge in [0.2, 0.25) is 5.91 Å². The number of pyridine rings is 1. The van der Waals surface area contributed by atoms with Crippen LogP contribution in [0.1, 0.15) is 68.3 Å². The number of morpholine rings is 1. The zero-order valence-electron chi connectivity index (χ0n) is 24.4. The zero-order valence-corrected chi connectivity index (χ0v) is 24.4. The van der Waals surface area contributed by atoms with Crippen LogP contribution in [0.5, 0.6) is 0 Å². The standard InChI is InChI=1S/C31H36FN7O4/c1-29(2,42)26(32)18-35-28(41)22-17-34-24(25-4-3-21-13-20(15-33)16-36-39(21)25)14-23(22)37-30-5-8-31(9-6-30,10-7-30)38-11-12-43-19-27(38)40/h3-4,13-14,16-17,26,42H,5-12,18-19H2,1-2H3,(H,34,37)(H,35,41)/t26-,30?,31?/m1/s1. The van der Waals surface area contributed by atoms with Crippen LogP contribution in [0, 0.1) is 11.3 Å². The van der Waals surface area contributed by atoms with E-state index in [4.69, 9.17) is 4.74 Å². The van der Waals surface area contributed by atoms with Crippen molar-refractivity contribution in [1.82, 2.24) is 24.8 Å². The molecule has 0 radical (unpaired) electrons. The van der Waals surface area contributed by atoms with Crippen molar-refractivity contribution in [1.29, 1.82) is 5.26 Å². The summed E-state index contributed by atoms with van der Waals surface area (Å²) in [6, 6.07) is 9.36. The number of nitrogens with zero attached hydrogens (tertiary/aromatic N) is 5. The number of amides is 2. The Morgan fingerprint density at radius 2 is 1.95 bits per heavy atom. The van der Waals surface area contributed by atoms with E-state index in [9.17, 15) is 24.3 Å². The maximum Gasteiger partial charge on any atom is 0.255 e. The molecule has 3 N–H and O–H groups in total. The molecule has 3 aromatic rings. The van der Waals surface area contributed by atoms with Gasteiger partial charge < -0.3 is 25.4 Å². The number of anilines is 1. The number of rotatable bonds is 8. The van der Waals surface area contributed by atoms with Gasteiger partial charge in [-0.25, -0.2) is 8.91 Å².